The number of rotatable bonds is 44. The standard InChI is InChI=1S/C52H99NO10/c1-4-7-10-13-16-19-22-23-25-28-31-34-37-40-47(57)63-50-49(59)48(58)46(41-54)62-52(50)61-42-43(44(55)38-35-32-29-27-24-20-17-14-11-8-5-2)53-51(60)45(56)39-36-33-30-26-21-18-15-12-9-6-3/h35,38,43-46,48-50,52,54-56,58-59H,4-34,36-37,39-42H2,1-3H3,(H,53,60)/b38-35+. The van der Waals surface area contributed by atoms with E-state index < -0.39 is 67.4 Å². The van der Waals surface area contributed by atoms with Gasteiger partial charge in [-0.2, -0.15) is 0 Å². The van der Waals surface area contributed by atoms with E-state index in [4.69, 9.17) is 14.2 Å². The third-order valence-electron chi connectivity index (χ3n) is 12.7. The molecular formula is C52H99NO10. The van der Waals surface area contributed by atoms with Gasteiger partial charge in [0.1, 0.15) is 24.4 Å². The molecule has 8 atom stereocenters. The summed E-state index contributed by atoms with van der Waals surface area (Å²) in [4.78, 5) is 26.3. The summed E-state index contributed by atoms with van der Waals surface area (Å²) in [6.07, 6.45) is 32.7. The maximum atomic E-state index is 13.3. The smallest absolute Gasteiger partial charge is 0.306 e. The Balaban J connectivity index is 2.76. The van der Waals surface area contributed by atoms with Gasteiger partial charge in [-0.3, -0.25) is 9.59 Å². The van der Waals surface area contributed by atoms with E-state index in [9.17, 15) is 35.1 Å². The Morgan fingerprint density at radius 3 is 1.49 bits per heavy atom. The molecule has 0 bridgehead atoms. The van der Waals surface area contributed by atoms with Gasteiger partial charge in [-0.1, -0.05) is 226 Å². The summed E-state index contributed by atoms with van der Waals surface area (Å²) >= 11 is 0. The van der Waals surface area contributed by atoms with Crippen LogP contribution in [-0.4, -0.2) is 99.6 Å². The van der Waals surface area contributed by atoms with E-state index in [0.717, 1.165) is 57.8 Å². The van der Waals surface area contributed by atoms with Crippen LogP contribution in [0, 0.1) is 0 Å². The molecule has 1 aliphatic rings. The fourth-order valence-electron chi connectivity index (χ4n) is 8.42. The highest BCUT2D eigenvalue weighted by Gasteiger charge is 2.47. The van der Waals surface area contributed by atoms with Crippen molar-refractivity contribution in [3.05, 3.63) is 12.2 Å². The number of nitrogens with one attached hydrogen (secondary N) is 1. The number of allylic oxidation sites excluding steroid dienone is 1. The molecule has 0 spiro atoms. The van der Waals surface area contributed by atoms with E-state index in [1.54, 1.807) is 6.08 Å². The van der Waals surface area contributed by atoms with Gasteiger partial charge in [0.25, 0.3) is 0 Å². The third-order valence-corrected chi connectivity index (χ3v) is 12.7. The van der Waals surface area contributed by atoms with E-state index in [1.807, 2.05) is 6.08 Å². The topological polar surface area (TPSA) is 175 Å². The van der Waals surface area contributed by atoms with Crippen molar-refractivity contribution in [2.45, 2.75) is 294 Å². The summed E-state index contributed by atoms with van der Waals surface area (Å²) < 4.78 is 17.5. The van der Waals surface area contributed by atoms with Crippen LogP contribution in [-0.2, 0) is 23.8 Å². The lowest BCUT2D eigenvalue weighted by atomic mass is 9.99. The Labute approximate surface area is 385 Å². The number of hydrogen-bond acceptors (Lipinski definition) is 10. The summed E-state index contributed by atoms with van der Waals surface area (Å²) in [5.74, 6) is -1.19. The second-order valence-corrected chi connectivity index (χ2v) is 18.6. The minimum atomic E-state index is -1.60. The fraction of sp³-hybridized carbons (Fsp3) is 0.923. The molecule has 6 N–H and O–H groups in total. The molecular weight excluding hydrogens is 799 g/mol. The number of ether oxygens (including phenoxy) is 3. The van der Waals surface area contributed by atoms with Gasteiger partial charge in [0.15, 0.2) is 12.4 Å². The number of unbranched alkanes of at least 4 members (excludes halogenated alkanes) is 30. The number of carbonyl (C=O) groups is 2. The Morgan fingerprint density at radius 1 is 0.603 bits per heavy atom. The summed E-state index contributed by atoms with van der Waals surface area (Å²) in [7, 11) is 0. The maximum Gasteiger partial charge on any atom is 0.306 e. The lowest BCUT2D eigenvalue weighted by Crippen LogP contribution is -2.61. The van der Waals surface area contributed by atoms with E-state index in [1.165, 1.54) is 141 Å². The Bertz CT molecular complexity index is 1080. The normalized spacial score (nSPS) is 20.5. The van der Waals surface area contributed by atoms with Gasteiger partial charge in [-0.05, 0) is 25.7 Å². The molecule has 0 aromatic carbocycles. The van der Waals surface area contributed by atoms with Crippen LogP contribution < -0.4 is 5.32 Å². The quantitative estimate of drug-likeness (QED) is 0.0196. The number of amides is 1. The minimum absolute atomic E-state index is 0.130. The number of aliphatic hydroxyl groups excluding tert-OH is 5. The molecule has 8 unspecified atom stereocenters. The molecule has 63 heavy (non-hydrogen) atoms. The monoisotopic (exact) mass is 898 g/mol. The van der Waals surface area contributed by atoms with Gasteiger partial charge >= 0.3 is 5.97 Å². The van der Waals surface area contributed by atoms with Crippen LogP contribution in [0.25, 0.3) is 0 Å². The zero-order chi connectivity index (χ0) is 46.2. The molecule has 11 heteroatoms. The molecule has 1 heterocycles. The van der Waals surface area contributed by atoms with Gasteiger partial charge in [0, 0.05) is 6.42 Å². The van der Waals surface area contributed by atoms with Crippen LogP contribution in [0.5, 0.6) is 0 Å². The van der Waals surface area contributed by atoms with E-state index in [0.29, 0.717) is 19.3 Å². The molecule has 372 valence electrons. The molecule has 0 aromatic heterocycles. The third kappa shape index (κ3) is 31.1. The molecule has 0 aromatic rings. The fourth-order valence-corrected chi connectivity index (χ4v) is 8.42. The Hall–Kier alpha value is -1.60. The van der Waals surface area contributed by atoms with Crippen LogP contribution in [0.2, 0.25) is 0 Å². The van der Waals surface area contributed by atoms with Gasteiger partial charge in [-0.15, -0.1) is 0 Å². The van der Waals surface area contributed by atoms with Crippen molar-refractivity contribution in [2.75, 3.05) is 13.2 Å². The minimum Gasteiger partial charge on any atom is -0.454 e. The number of hydrogen-bond donors (Lipinski definition) is 6. The van der Waals surface area contributed by atoms with E-state index in [2.05, 4.69) is 26.1 Å². The predicted molar refractivity (Wildman–Crippen MR) is 255 cm³/mol. The van der Waals surface area contributed by atoms with Crippen LogP contribution >= 0.6 is 0 Å². The van der Waals surface area contributed by atoms with Crippen LogP contribution in [0.15, 0.2) is 12.2 Å². The van der Waals surface area contributed by atoms with Crippen molar-refractivity contribution in [1.29, 1.82) is 0 Å². The summed E-state index contributed by atoms with van der Waals surface area (Å²) in [5.41, 5.74) is 0. The molecule has 11 nitrogen and oxygen atoms in total. The molecule has 1 fully saturated rings. The summed E-state index contributed by atoms with van der Waals surface area (Å²) in [6, 6.07) is -1.01. The average Bonchev–Trinajstić information content (AvgIpc) is 3.28. The molecule has 1 saturated heterocycles. The van der Waals surface area contributed by atoms with Crippen molar-refractivity contribution in [3.63, 3.8) is 0 Å². The van der Waals surface area contributed by atoms with Gasteiger partial charge in [0.05, 0.1) is 25.4 Å². The molecule has 1 aliphatic heterocycles. The number of carbonyl (C=O) groups excluding carboxylic acids is 2. The van der Waals surface area contributed by atoms with Crippen molar-refractivity contribution in [3.8, 4) is 0 Å². The first-order valence-corrected chi connectivity index (χ1v) is 26.5. The average molecular weight is 898 g/mol. The predicted octanol–water partition coefficient (Wildman–Crippen LogP) is 10.8. The Morgan fingerprint density at radius 2 is 1.03 bits per heavy atom. The first kappa shape index (κ1) is 59.4. The largest absolute Gasteiger partial charge is 0.454 e. The van der Waals surface area contributed by atoms with Crippen molar-refractivity contribution in [2.24, 2.45) is 0 Å². The van der Waals surface area contributed by atoms with Crippen molar-refractivity contribution >= 4 is 11.9 Å². The van der Waals surface area contributed by atoms with Crippen LogP contribution in [0.3, 0.4) is 0 Å². The summed E-state index contributed by atoms with van der Waals surface area (Å²) in [6.45, 7) is 5.75. The molecule has 0 saturated carbocycles. The molecule has 0 aliphatic carbocycles. The van der Waals surface area contributed by atoms with Gasteiger partial charge in [0.2, 0.25) is 5.91 Å². The lowest BCUT2D eigenvalue weighted by molar-refractivity contribution is -0.305. The van der Waals surface area contributed by atoms with E-state index >= 15 is 0 Å². The van der Waals surface area contributed by atoms with Crippen LogP contribution in [0.1, 0.15) is 245 Å². The van der Waals surface area contributed by atoms with Gasteiger partial charge < -0.3 is 45.1 Å². The maximum absolute atomic E-state index is 13.3. The molecule has 0 radical (unpaired) electrons. The zero-order valence-electron chi connectivity index (χ0n) is 40.7. The highest BCUT2D eigenvalue weighted by Crippen LogP contribution is 2.26. The highest BCUT2D eigenvalue weighted by molar-refractivity contribution is 5.80. The lowest BCUT2D eigenvalue weighted by Gasteiger charge is -2.41. The number of esters is 1. The highest BCUT2D eigenvalue weighted by atomic mass is 16.7. The Kier molecular flexibility index (Phi) is 39.4. The van der Waals surface area contributed by atoms with E-state index in [-0.39, 0.29) is 13.0 Å². The van der Waals surface area contributed by atoms with Crippen molar-refractivity contribution < 1.29 is 49.3 Å². The molecule has 1 amide bonds. The van der Waals surface area contributed by atoms with Crippen LogP contribution in [0.4, 0.5) is 0 Å². The summed E-state index contributed by atoms with van der Waals surface area (Å²) in [5, 5.41) is 56.5. The zero-order valence-corrected chi connectivity index (χ0v) is 40.7. The number of aliphatic hydroxyl groups is 5. The first-order chi connectivity index (χ1) is 30.7. The van der Waals surface area contributed by atoms with Crippen molar-refractivity contribution in [1.82, 2.24) is 5.32 Å². The second kappa shape index (κ2) is 41.8. The first-order valence-electron chi connectivity index (χ1n) is 26.5. The van der Waals surface area contributed by atoms with Gasteiger partial charge in [-0.25, -0.2) is 0 Å². The molecule has 1 rings (SSSR count). The second-order valence-electron chi connectivity index (χ2n) is 18.6. The SMILES string of the molecule is CCCCCCCCCCC/C=C/C(O)C(COC1OC(CO)C(O)C(O)C1OC(=O)CCCCCCCCCCCCCCC)NC(=O)C(O)CCCCCCCCCCCC.